The highest BCUT2D eigenvalue weighted by Gasteiger charge is 2.10. The first-order valence-electron chi connectivity index (χ1n) is 9.01. The van der Waals surface area contributed by atoms with Crippen LogP contribution < -0.4 is 5.32 Å². The molecular formula is C22H17N5O. The summed E-state index contributed by atoms with van der Waals surface area (Å²) in [5, 5.41) is 3.98. The van der Waals surface area contributed by atoms with Crippen LogP contribution in [0.1, 0.15) is 5.56 Å². The molecule has 0 aliphatic rings. The van der Waals surface area contributed by atoms with E-state index < -0.39 is 0 Å². The van der Waals surface area contributed by atoms with Crippen molar-refractivity contribution in [2.45, 2.75) is 6.42 Å². The zero-order valence-corrected chi connectivity index (χ0v) is 15.0. The molecule has 136 valence electrons. The molecule has 1 amide bonds. The lowest BCUT2D eigenvalue weighted by Gasteiger charge is -2.07. The summed E-state index contributed by atoms with van der Waals surface area (Å²) in [7, 11) is 0. The van der Waals surface area contributed by atoms with Crippen LogP contribution >= 0.6 is 0 Å². The summed E-state index contributed by atoms with van der Waals surface area (Å²) in [6.45, 7) is 0. The van der Waals surface area contributed by atoms with Gasteiger partial charge in [0.05, 0.1) is 29.3 Å². The summed E-state index contributed by atoms with van der Waals surface area (Å²) in [6.07, 6.45) is 5.60. The van der Waals surface area contributed by atoms with Gasteiger partial charge in [-0.1, -0.05) is 30.3 Å². The largest absolute Gasteiger partial charge is 0.361 e. The topological polar surface area (TPSA) is 75.6 Å². The van der Waals surface area contributed by atoms with Crippen molar-refractivity contribution in [1.29, 1.82) is 0 Å². The van der Waals surface area contributed by atoms with E-state index in [4.69, 9.17) is 0 Å². The van der Waals surface area contributed by atoms with Gasteiger partial charge in [-0.3, -0.25) is 9.36 Å². The van der Waals surface area contributed by atoms with Crippen molar-refractivity contribution in [1.82, 2.24) is 19.5 Å². The zero-order valence-electron chi connectivity index (χ0n) is 15.0. The monoisotopic (exact) mass is 367 g/mol. The van der Waals surface area contributed by atoms with Crippen LogP contribution in [0.5, 0.6) is 0 Å². The number of aromatic nitrogens is 4. The molecular weight excluding hydrogens is 350 g/mol. The molecule has 0 spiro atoms. The molecule has 3 aromatic heterocycles. The van der Waals surface area contributed by atoms with Crippen LogP contribution in [0.2, 0.25) is 0 Å². The van der Waals surface area contributed by atoms with Crippen LogP contribution in [0.3, 0.4) is 0 Å². The summed E-state index contributed by atoms with van der Waals surface area (Å²) in [5.74, 6) is 0.677. The van der Waals surface area contributed by atoms with Gasteiger partial charge in [-0.2, -0.15) is 0 Å². The van der Waals surface area contributed by atoms with Crippen molar-refractivity contribution in [3.05, 3.63) is 84.9 Å². The molecule has 0 radical (unpaired) electrons. The van der Waals surface area contributed by atoms with E-state index in [-0.39, 0.29) is 5.91 Å². The fourth-order valence-corrected chi connectivity index (χ4v) is 3.40. The number of aromatic amines is 1. The van der Waals surface area contributed by atoms with Gasteiger partial charge in [0.1, 0.15) is 12.1 Å². The van der Waals surface area contributed by atoms with E-state index >= 15 is 0 Å². The van der Waals surface area contributed by atoms with Crippen LogP contribution in [-0.2, 0) is 11.2 Å². The van der Waals surface area contributed by atoms with Crippen molar-refractivity contribution in [2.24, 2.45) is 0 Å². The van der Waals surface area contributed by atoms with Gasteiger partial charge >= 0.3 is 0 Å². The normalized spacial score (nSPS) is 11.1. The third-order valence-corrected chi connectivity index (χ3v) is 4.76. The number of hydrogen-bond donors (Lipinski definition) is 2. The van der Waals surface area contributed by atoms with Crippen molar-refractivity contribution in [3.63, 3.8) is 0 Å². The Labute approximate surface area is 160 Å². The van der Waals surface area contributed by atoms with Gasteiger partial charge in [-0.15, -0.1) is 0 Å². The van der Waals surface area contributed by atoms with Gasteiger partial charge < -0.3 is 10.3 Å². The van der Waals surface area contributed by atoms with Crippen LogP contribution in [0.25, 0.3) is 27.8 Å². The van der Waals surface area contributed by atoms with Crippen molar-refractivity contribution >= 4 is 33.5 Å². The molecule has 6 heteroatoms. The number of imidazole rings is 1. The molecule has 0 aliphatic carbocycles. The molecule has 5 aromatic rings. The molecule has 0 fully saturated rings. The third-order valence-electron chi connectivity index (χ3n) is 4.76. The summed E-state index contributed by atoms with van der Waals surface area (Å²) < 4.78 is 1.92. The van der Waals surface area contributed by atoms with Gasteiger partial charge in [-0.05, 0) is 35.9 Å². The number of rotatable bonds is 4. The lowest BCUT2D eigenvalue weighted by atomic mass is 10.1. The number of nitrogens with one attached hydrogen (secondary N) is 2. The van der Waals surface area contributed by atoms with E-state index in [1.54, 1.807) is 12.5 Å². The third kappa shape index (κ3) is 2.91. The van der Waals surface area contributed by atoms with Gasteiger partial charge in [0.15, 0.2) is 0 Å². The quantitative estimate of drug-likeness (QED) is 0.502. The SMILES string of the molecule is O=C(Cc1c[nH]c2ccccc12)Nc1ccc(-n2cnc3ccccc32)nc1. The number of carbonyl (C=O) groups excluding carboxylic acids is 1. The molecule has 5 rings (SSSR count). The number of anilines is 1. The summed E-state index contributed by atoms with van der Waals surface area (Å²) in [4.78, 5) is 24.5. The maximum Gasteiger partial charge on any atom is 0.228 e. The average molecular weight is 367 g/mol. The van der Waals surface area contributed by atoms with E-state index in [2.05, 4.69) is 20.3 Å². The Kier molecular flexibility index (Phi) is 3.87. The number of pyridine rings is 1. The van der Waals surface area contributed by atoms with E-state index in [9.17, 15) is 4.79 Å². The van der Waals surface area contributed by atoms with Gasteiger partial charge in [0.2, 0.25) is 5.91 Å². The highest BCUT2D eigenvalue weighted by atomic mass is 16.1. The fraction of sp³-hybridized carbons (Fsp3) is 0.0455. The second-order valence-corrected chi connectivity index (χ2v) is 6.59. The second kappa shape index (κ2) is 6.66. The van der Waals surface area contributed by atoms with E-state index in [0.717, 1.165) is 33.3 Å². The Bertz CT molecular complexity index is 1280. The first-order chi connectivity index (χ1) is 13.8. The molecule has 6 nitrogen and oxygen atoms in total. The maximum absolute atomic E-state index is 12.4. The molecule has 3 heterocycles. The van der Waals surface area contributed by atoms with Gasteiger partial charge in [-0.25, -0.2) is 9.97 Å². The van der Waals surface area contributed by atoms with Crippen LogP contribution in [0.4, 0.5) is 5.69 Å². The summed E-state index contributed by atoms with van der Waals surface area (Å²) in [6, 6.07) is 19.6. The lowest BCUT2D eigenvalue weighted by molar-refractivity contribution is -0.115. The number of benzene rings is 2. The number of hydrogen-bond acceptors (Lipinski definition) is 3. The van der Waals surface area contributed by atoms with Crippen LogP contribution in [0, 0.1) is 0 Å². The molecule has 0 unspecified atom stereocenters. The zero-order chi connectivity index (χ0) is 18.9. The van der Waals surface area contributed by atoms with Crippen molar-refractivity contribution < 1.29 is 4.79 Å². The number of nitrogens with zero attached hydrogens (tertiary/aromatic N) is 3. The molecule has 2 N–H and O–H groups in total. The fourth-order valence-electron chi connectivity index (χ4n) is 3.40. The average Bonchev–Trinajstić information content (AvgIpc) is 3.33. The number of carbonyl (C=O) groups is 1. The van der Waals surface area contributed by atoms with Crippen molar-refractivity contribution in [2.75, 3.05) is 5.32 Å². The second-order valence-electron chi connectivity index (χ2n) is 6.59. The Balaban J connectivity index is 1.33. The lowest BCUT2D eigenvalue weighted by Crippen LogP contribution is -2.14. The standard InChI is InChI=1S/C22H17N5O/c28-22(11-15-12-23-18-6-2-1-5-17(15)18)26-16-9-10-21(24-13-16)27-14-25-19-7-3-4-8-20(19)27/h1-10,12-14,23H,11H2,(H,26,28). The number of amides is 1. The van der Waals surface area contributed by atoms with Crippen LogP contribution in [0.15, 0.2) is 79.4 Å². The molecule has 0 bridgehead atoms. The Morgan fingerprint density at radius 1 is 1.00 bits per heavy atom. The molecule has 0 saturated carbocycles. The molecule has 0 atom stereocenters. The minimum atomic E-state index is -0.0765. The Hall–Kier alpha value is -3.93. The van der Waals surface area contributed by atoms with Gasteiger partial charge in [0, 0.05) is 17.1 Å². The first-order valence-corrected chi connectivity index (χ1v) is 9.01. The highest BCUT2D eigenvalue weighted by molar-refractivity contribution is 5.95. The van der Waals surface area contributed by atoms with Crippen molar-refractivity contribution in [3.8, 4) is 5.82 Å². The minimum absolute atomic E-state index is 0.0765. The smallest absolute Gasteiger partial charge is 0.228 e. The van der Waals surface area contributed by atoms with E-state index in [1.165, 1.54) is 0 Å². The van der Waals surface area contributed by atoms with E-state index in [0.29, 0.717) is 12.1 Å². The van der Waals surface area contributed by atoms with E-state index in [1.807, 2.05) is 71.4 Å². The van der Waals surface area contributed by atoms with Crippen LogP contribution in [-0.4, -0.2) is 25.4 Å². The minimum Gasteiger partial charge on any atom is -0.361 e. The molecule has 0 aliphatic heterocycles. The molecule has 0 saturated heterocycles. The first kappa shape index (κ1) is 16.3. The summed E-state index contributed by atoms with van der Waals surface area (Å²) in [5.41, 5.74) is 4.58. The predicted octanol–water partition coefficient (Wildman–Crippen LogP) is 4.08. The summed E-state index contributed by atoms with van der Waals surface area (Å²) >= 11 is 0. The predicted molar refractivity (Wildman–Crippen MR) is 109 cm³/mol. The Morgan fingerprint density at radius 3 is 2.75 bits per heavy atom. The molecule has 28 heavy (non-hydrogen) atoms. The Morgan fingerprint density at radius 2 is 1.86 bits per heavy atom. The highest BCUT2D eigenvalue weighted by Crippen LogP contribution is 2.20. The number of para-hydroxylation sites is 3. The molecule has 2 aromatic carbocycles. The maximum atomic E-state index is 12.4. The van der Waals surface area contributed by atoms with Gasteiger partial charge in [0.25, 0.3) is 0 Å². The number of fused-ring (bicyclic) bond motifs is 2. The number of H-pyrrole nitrogens is 1.